The molecule has 0 amide bonds. The first-order chi connectivity index (χ1) is 6.13. The van der Waals surface area contributed by atoms with Crippen LogP contribution in [0, 0.1) is 12.7 Å². The molecule has 0 unspecified atom stereocenters. The summed E-state index contributed by atoms with van der Waals surface area (Å²) in [6, 6.07) is 4.71. The van der Waals surface area contributed by atoms with Gasteiger partial charge in [0.1, 0.15) is 11.3 Å². The van der Waals surface area contributed by atoms with Crippen LogP contribution >= 0.6 is 23.4 Å². The number of hydrogen-bond acceptors (Lipinski definition) is 0. The van der Waals surface area contributed by atoms with Gasteiger partial charge in [-0.3, -0.25) is 4.09 Å². The van der Waals surface area contributed by atoms with Gasteiger partial charge in [0, 0.05) is 17.2 Å². The van der Waals surface area contributed by atoms with Crippen molar-refractivity contribution < 1.29 is 4.39 Å². The van der Waals surface area contributed by atoms with E-state index in [1.807, 2.05) is 0 Å². The van der Waals surface area contributed by atoms with E-state index < -0.39 is 0 Å². The Balaban J connectivity index is 3.03. The molecule has 1 aromatic heterocycles. The molecule has 0 aliphatic heterocycles. The van der Waals surface area contributed by atoms with Gasteiger partial charge < -0.3 is 0 Å². The second kappa shape index (κ2) is 2.89. The zero-order valence-corrected chi connectivity index (χ0v) is 8.33. The summed E-state index contributed by atoms with van der Waals surface area (Å²) in [5.74, 6) is -0.359. The molecule has 1 nitrogen and oxygen atoms in total. The topological polar surface area (TPSA) is 4.93 Å². The highest BCUT2D eigenvalue weighted by atomic mass is 35.5. The average molecular weight is 218 g/mol. The molecule has 0 spiro atoms. The Labute approximate surface area is 84.8 Å². The molecule has 4 heteroatoms. The maximum atomic E-state index is 13.3. The normalized spacial score (nSPS) is 11.1. The lowest BCUT2D eigenvalue weighted by molar-refractivity contribution is 0.636. The highest BCUT2D eigenvalue weighted by molar-refractivity contribution is 6.38. The van der Waals surface area contributed by atoms with E-state index in [0.29, 0.717) is 21.6 Å². The SMILES string of the molecule is Cc1c(Cl)c2cccc(F)c2n1Cl. The standard InChI is InChI=1S/C9H6Cl2FN/c1-5-8(10)6-3-2-4-7(12)9(6)13(5)11/h2-4H,1H3. The quantitative estimate of drug-likeness (QED) is 0.634. The number of rotatable bonds is 0. The Bertz CT molecular complexity index is 476. The van der Waals surface area contributed by atoms with Crippen molar-refractivity contribution in [1.82, 2.24) is 4.09 Å². The summed E-state index contributed by atoms with van der Waals surface area (Å²) in [4.78, 5) is 0. The lowest BCUT2D eigenvalue weighted by Gasteiger charge is -1.95. The Hall–Kier alpha value is -0.730. The van der Waals surface area contributed by atoms with E-state index >= 15 is 0 Å². The molecular weight excluding hydrogens is 212 g/mol. The summed E-state index contributed by atoms with van der Waals surface area (Å²) in [5.41, 5.74) is 0.995. The molecule has 0 radical (unpaired) electrons. The molecule has 0 fully saturated rings. The minimum Gasteiger partial charge on any atom is -0.253 e. The van der Waals surface area contributed by atoms with Crippen LogP contribution in [0.4, 0.5) is 4.39 Å². The lowest BCUT2D eigenvalue weighted by atomic mass is 10.2. The predicted molar refractivity (Wildman–Crippen MR) is 52.9 cm³/mol. The van der Waals surface area contributed by atoms with E-state index in [-0.39, 0.29) is 5.82 Å². The molecule has 0 saturated carbocycles. The number of para-hydroxylation sites is 1. The Morgan fingerprint density at radius 1 is 1.38 bits per heavy atom. The largest absolute Gasteiger partial charge is 0.253 e. The Morgan fingerprint density at radius 3 is 2.69 bits per heavy atom. The van der Waals surface area contributed by atoms with Crippen molar-refractivity contribution >= 4 is 34.3 Å². The molecule has 68 valence electrons. The third-order valence-electron chi connectivity index (χ3n) is 2.03. The summed E-state index contributed by atoms with van der Waals surface area (Å²) in [6.45, 7) is 1.74. The summed E-state index contributed by atoms with van der Waals surface area (Å²) < 4.78 is 14.5. The van der Waals surface area contributed by atoms with E-state index in [9.17, 15) is 4.39 Å². The molecule has 1 aromatic carbocycles. The van der Waals surface area contributed by atoms with Crippen LogP contribution in [0.5, 0.6) is 0 Å². The van der Waals surface area contributed by atoms with Gasteiger partial charge in [0.2, 0.25) is 0 Å². The zero-order chi connectivity index (χ0) is 9.59. The highest BCUT2D eigenvalue weighted by Gasteiger charge is 2.13. The Morgan fingerprint density at radius 2 is 2.08 bits per heavy atom. The van der Waals surface area contributed by atoms with Crippen molar-refractivity contribution in [3.05, 3.63) is 34.7 Å². The van der Waals surface area contributed by atoms with Gasteiger partial charge in [-0.15, -0.1) is 0 Å². The zero-order valence-electron chi connectivity index (χ0n) is 6.81. The van der Waals surface area contributed by atoms with Crippen LogP contribution in [0.1, 0.15) is 5.69 Å². The molecule has 2 rings (SSSR count). The molecular formula is C9H6Cl2FN. The average Bonchev–Trinajstić information content (AvgIpc) is 2.33. The fourth-order valence-electron chi connectivity index (χ4n) is 1.34. The van der Waals surface area contributed by atoms with Crippen molar-refractivity contribution in [2.45, 2.75) is 6.92 Å². The van der Waals surface area contributed by atoms with Gasteiger partial charge in [-0.1, -0.05) is 23.7 Å². The van der Waals surface area contributed by atoms with Crippen molar-refractivity contribution in [3.63, 3.8) is 0 Å². The smallest absolute Gasteiger partial charge is 0.148 e. The monoisotopic (exact) mass is 217 g/mol. The van der Waals surface area contributed by atoms with Crippen LogP contribution in [0.3, 0.4) is 0 Å². The van der Waals surface area contributed by atoms with E-state index in [1.165, 1.54) is 10.2 Å². The molecule has 0 aliphatic carbocycles. The van der Waals surface area contributed by atoms with E-state index in [1.54, 1.807) is 19.1 Å². The van der Waals surface area contributed by atoms with Crippen LogP contribution in [-0.2, 0) is 0 Å². The first-order valence-corrected chi connectivity index (χ1v) is 4.45. The van der Waals surface area contributed by atoms with Crippen LogP contribution in [0.25, 0.3) is 10.9 Å². The molecule has 0 saturated heterocycles. The van der Waals surface area contributed by atoms with Crippen molar-refractivity contribution in [3.8, 4) is 0 Å². The van der Waals surface area contributed by atoms with Crippen LogP contribution in [0.2, 0.25) is 5.02 Å². The number of benzene rings is 1. The third kappa shape index (κ3) is 1.13. The van der Waals surface area contributed by atoms with Gasteiger partial charge in [-0.05, 0) is 13.0 Å². The molecule has 0 aliphatic rings. The Kier molecular flexibility index (Phi) is 1.97. The van der Waals surface area contributed by atoms with Gasteiger partial charge in [-0.2, -0.15) is 0 Å². The number of nitrogens with zero attached hydrogens (tertiary/aromatic N) is 1. The van der Waals surface area contributed by atoms with Gasteiger partial charge in [0.15, 0.2) is 0 Å². The fourth-order valence-corrected chi connectivity index (χ4v) is 1.88. The number of hydrogen-bond donors (Lipinski definition) is 0. The number of halogens is 3. The number of aromatic nitrogens is 1. The van der Waals surface area contributed by atoms with Crippen LogP contribution in [-0.4, -0.2) is 4.09 Å². The maximum absolute atomic E-state index is 13.3. The maximum Gasteiger partial charge on any atom is 0.148 e. The molecule has 2 aromatic rings. The van der Waals surface area contributed by atoms with Gasteiger partial charge in [0.25, 0.3) is 0 Å². The molecule has 0 N–H and O–H groups in total. The van der Waals surface area contributed by atoms with Crippen molar-refractivity contribution in [1.29, 1.82) is 0 Å². The van der Waals surface area contributed by atoms with Crippen LogP contribution < -0.4 is 0 Å². The second-order valence-electron chi connectivity index (χ2n) is 2.82. The fraction of sp³-hybridized carbons (Fsp3) is 0.111. The first-order valence-electron chi connectivity index (χ1n) is 3.74. The summed E-state index contributed by atoms with van der Waals surface area (Å²) in [7, 11) is 0. The third-order valence-corrected chi connectivity index (χ3v) is 2.93. The summed E-state index contributed by atoms with van der Waals surface area (Å²) in [5, 5.41) is 1.15. The minimum atomic E-state index is -0.359. The van der Waals surface area contributed by atoms with E-state index in [2.05, 4.69) is 0 Å². The second-order valence-corrected chi connectivity index (χ2v) is 3.53. The summed E-state index contributed by atoms with van der Waals surface area (Å²) >= 11 is 11.8. The van der Waals surface area contributed by atoms with Gasteiger partial charge in [-0.25, -0.2) is 4.39 Å². The minimum absolute atomic E-state index is 0.340. The van der Waals surface area contributed by atoms with E-state index in [4.69, 9.17) is 23.4 Å². The predicted octanol–water partition coefficient (Wildman–Crippen LogP) is 3.74. The van der Waals surface area contributed by atoms with Crippen molar-refractivity contribution in [2.24, 2.45) is 0 Å². The summed E-state index contributed by atoms with van der Waals surface area (Å²) in [6.07, 6.45) is 0. The van der Waals surface area contributed by atoms with Gasteiger partial charge in [0.05, 0.1) is 10.7 Å². The van der Waals surface area contributed by atoms with Crippen LogP contribution in [0.15, 0.2) is 18.2 Å². The molecule has 0 bridgehead atoms. The molecule has 0 atom stereocenters. The number of fused-ring (bicyclic) bond motifs is 1. The van der Waals surface area contributed by atoms with Gasteiger partial charge >= 0.3 is 0 Å². The molecule has 1 heterocycles. The first kappa shape index (κ1) is 8.85. The van der Waals surface area contributed by atoms with E-state index in [0.717, 1.165) is 0 Å². The van der Waals surface area contributed by atoms with Crippen molar-refractivity contribution in [2.75, 3.05) is 0 Å². The lowest BCUT2D eigenvalue weighted by Crippen LogP contribution is -1.85. The molecule has 13 heavy (non-hydrogen) atoms. The highest BCUT2D eigenvalue weighted by Crippen LogP contribution is 2.32.